The monoisotopic (exact) mass is 255 g/mol. The maximum atomic E-state index is 12.3. The summed E-state index contributed by atoms with van der Waals surface area (Å²) in [4.78, 5) is 25.0. The summed E-state index contributed by atoms with van der Waals surface area (Å²) >= 11 is 0. The number of piperidine rings is 1. The Hall–Kier alpha value is -1.10. The third-order valence-corrected chi connectivity index (χ3v) is 4.08. The van der Waals surface area contributed by atoms with E-state index in [0.29, 0.717) is 25.9 Å². The molecule has 3 unspecified atom stereocenters. The molecular weight excluding hydrogens is 234 g/mol. The number of carboxylic acids is 1. The van der Waals surface area contributed by atoms with Crippen LogP contribution in [0, 0.1) is 11.8 Å². The summed E-state index contributed by atoms with van der Waals surface area (Å²) in [5.41, 5.74) is 0. The molecule has 1 saturated carbocycles. The molecule has 5 heteroatoms. The second kappa shape index (κ2) is 5.69. The predicted molar refractivity (Wildman–Crippen MR) is 64.9 cm³/mol. The first kappa shape index (κ1) is 13.3. The molecule has 18 heavy (non-hydrogen) atoms. The molecule has 2 N–H and O–H groups in total. The van der Waals surface area contributed by atoms with Crippen molar-refractivity contribution in [2.75, 3.05) is 13.1 Å². The number of aliphatic hydroxyl groups excluding tert-OH is 1. The highest BCUT2D eigenvalue weighted by Gasteiger charge is 2.34. The summed E-state index contributed by atoms with van der Waals surface area (Å²) in [5, 5.41) is 18.6. The molecule has 0 spiro atoms. The molecule has 0 bridgehead atoms. The van der Waals surface area contributed by atoms with E-state index < -0.39 is 12.1 Å². The van der Waals surface area contributed by atoms with Crippen molar-refractivity contribution in [2.45, 2.75) is 44.6 Å². The molecule has 0 aromatic carbocycles. The largest absolute Gasteiger partial charge is 0.481 e. The number of carbonyl (C=O) groups is 2. The number of aliphatic hydroxyl groups is 1. The van der Waals surface area contributed by atoms with E-state index in [1.165, 1.54) is 0 Å². The number of aliphatic carboxylic acids is 1. The van der Waals surface area contributed by atoms with E-state index in [1.54, 1.807) is 4.90 Å². The van der Waals surface area contributed by atoms with Crippen LogP contribution < -0.4 is 0 Å². The number of likely N-dealkylation sites (tertiary alicyclic amines) is 1. The highest BCUT2D eigenvalue weighted by Crippen LogP contribution is 2.31. The minimum atomic E-state index is -0.786. The van der Waals surface area contributed by atoms with Gasteiger partial charge in [0, 0.05) is 19.0 Å². The summed E-state index contributed by atoms with van der Waals surface area (Å²) in [6.45, 7) is 1.11. The minimum Gasteiger partial charge on any atom is -0.481 e. The fourth-order valence-corrected chi connectivity index (χ4v) is 3.05. The second-order valence-electron chi connectivity index (χ2n) is 5.48. The van der Waals surface area contributed by atoms with E-state index in [1.807, 2.05) is 0 Å². The molecule has 3 atom stereocenters. The molecule has 5 nitrogen and oxygen atoms in total. The standard InChI is InChI=1S/C13H21NO4/c15-11-5-2-6-14(8-11)12(16)9-3-1-4-10(7-9)13(17)18/h9-11,15H,1-8H2,(H,17,18). The number of hydrogen-bond acceptors (Lipinski definition) is 3. The van der Waals surface area contributed by atoms with Crippen LogP contribution >= 0.6 is 0 Å². The van der Waals surface area contributed by atoms with Crippen LogP contribution in [0.2, 0.25) is 0 Å². The fraction of sp³-hybridized carbons (Fsp3) is 0.846. The molecule has 0 radical (unpaired) electrons. The lowest BCUT2D eigenvalue weighted by atomic mass is 9.80. The van der Waals surface area contributed by atoms with Gasteiger partial charge in [-0.15, -0.1) is 0 Å². The molecule has 1 heterocycles. The van der Waals surface area contributed by atoms with Crippen LogP contribution in [0.15, 0.2) is 0 Å². The Morgan fingerprint density at radius 3 is 2.44 bits per heavy atom. The smallest absolute Gasteiger partial charge is 0.306 e. The van der Waals surface area contributed by atoms with Crippen molar-refractivity contribution in [3.05, 3.63) is 0 Å². The number of carbonyl (C=O) groups excluding carboxylic acids is 1. The summed E-state index contributed by atoms with van der Waals surface area (Å²) in [5.74, 6) is -1.28. The van der Waals surface area contributed by atoms with Gasteiger partial charge >= 0.3 is 5.97 Å². The van der Waals surface area contributed by atoms with Crippen LogP contribution in [-0.4, -0.2) is 46.2 Å². The highest BCUT2D eigenvalue weighted by molar-refractivity contribution is 5.80. The molecule has 1 aliphatic heterocycles. The normalized spacial score (nSPS) is 33.2. The zero-order chi connectivity index (χ0) is 13.1. The van der Waals surface area contributed by atoms with Crippen molar-refractivity contribution in [3.63, 3.8) is 0 Å². The first-order valence-corrected chi connectivity index (χ1v) is 6.77. The molecule has 2 aliphatic rings. The zero-order valence-electron chi connectivity index (χ0n) is 10.5. The topological polar surface area (TPSA) is 77.8 Å². The van der Waals surface area contributed by atoms with Gasteiger partial charge in [0.2, 0.25) is 5.91 Å². The molecule has 1 amide bonds. The van der Waals surface area contributed by atoms with Gasteiger partial charge in [-0.3, -0.25) is 9.59 Å². The first-order chi connectivity index (χ1) is 8.58. The first-order valence-electron chi connectivity index (χ1n) is 6.77. The van der Waals surface area contributed by atoms with Gasteiger partial charge in [0.25, 0.3) is 0 Å². The average Bonchev–Trinajstić information content (AvgIpc) is 2.38. The molecule has 0 aromatic heterocycles. The fourth-order valence-electron chi connectivity index (χ4n) is 3.05. The van der Waals surface area contributed by atoms with Gasteiger partial charge in [0.1, 0.15) is 0 Å². The molecule has 2 rings (SSSR count). The van der Waals surface area contributed by atoms with E-state index in [-0.39, 0.29) is 17.7 Å². The highest BCUT2D eigenvalue weighted by atomic mass is 16.4. The summed E-state index contributed by atoms with van der Waals surface area (Å²) < 4.78 is 0. The summed E-state index contributed by atoms with van der Waals surface area (Å²) in [6, 6.07) is 0. The predicted octanol–water partition coefficient (Wildman–Crippen LogP) is 0.861. The average molecular weight is 255 g/mol. The van der Waals surface area contributed by atoms with Crippen molar-refractivity contribution >= 4 is 11.9 Å². The van der Waals surface area contributed by atoms with E-state index in [0.717, 1.165) is 25.7 Å². The third-order valence-electron chi connectivity index (χ3n) is 4.08. The molecular formula is C13H21NO4. The van der Waals surface area contributed by atoms with Gasteiger partial charge in [-0.05, 0) is 32.1 Å². The van der Waals surface area contributed by atoms with Crippen LogP contribution in [0.5, 0.6) is 0 Å². The Morgan fingerprint density at radius 2 is 1.78 bits per heavy atom. The van der Waals surface area contributed by atoms with Gasteiger partial charge in [-0.2, -0.15) is 0 Å². The van der Waals surface area contributed by atoms with Gasteiger partial charge in [-0.1, -0.05) is 6.42 Å². The number of hydrogen-bond donors (Lipinski definition) is 2. The zero-order valence-corrected chi connectivity index (χ0v) is 10.5. The maximum Gasteiger partial charge on any atom is 0.306 e. The summed E-state index contributed by atoms with van der Waals surface area (Å²) in [6.07, 6.45) is 3.91. The molecule has 1 aliphatic carbocycles. The van der Waals surface area contributed by atoms with Crippen molar-refractivity contribution in [2.24, 2.45) is 11.8 Å². The quantitative estimate of drug-likeness (QED) is 0.767. The summed E-state index contributed by atoms with van der Waals surface area (Å²) in [7, 11) is 0. The Kier molecular flexibility index (Phi) is 4.22. The second-order valence-corrected chi connectivity index (χ2v) is 5.48. The lowest BCUT2D eigenvalue weighted by molar-refractivity contribution is -0.146. The number of nitrogens with zero attached hydrogens (tertiary/aromatic N) is 1. The maximum absolute atomic E-state index is 12.3. The van der Waals surface area contributed by atoms with Crippen LogP contribution in [0.1, 0.15) is 38.5 Å². The molecule has 102 valence electrons. The Bertz CT molecular complexity index is 331. The molecule has 1 saturated heterocycles. The van der Waals surface area contributed by atoms with Gasteiger partial charge in [0.15, 0.2) is 0 Å². The van der Waals surface area contributed by atoms with Gasteiger partial charge in [-0.25, -0.2) is 0 Å². The van der Waals surface area contributed by atoms with Crippen LogP contribution in [-0.2, 0) is 9.59 Å². The number of amides is 1. The van der Waals surface area contributed by atoms with E-state index in [9.17, 15) is 14.7 Å². The van der Waals surface area contributed by atoms with E-state index >= 15 is 0 Å². The lowest BCUT2D eigenvalue weighted by Crippen LogP contribution is -2.46. The Labute approximate surface area is 107 Å². The van der Waals surface area contributed by atoms with Crippen molar-refractivity contribution in [1.82, 2.24) is 4.90 Å². The van der Waals surface area contributed by atoms with Gasteiger partial charge in [0.05, 0.1) is 12.0 Å². The van der Waals surface area contributed by atoms with E-state index in [4.69, 9.17) is 5.11 Å². The Morgan fingerprint density at radius 1 is 1.06 bits per heavy atom. The molecule has 2 fully saturated rings. The molecule has 0 aromatic rings. The third kappa shape index (κ3) is 3.02. The van der Waals surface area contributed by atoms with Crippen LogP contribution in [0.25, 0.3) is 0 Å². The van der Waals surface area contributed by atoms with Crippen molar-refractivity contribution in [1.29, 1.82) is 0 Å². The van der Waals surface area contributed by atoms with Gasteiger partial charge < -0.3 is 15.1 Å². The van der Waals surface area contributed by atoms with E-state index in [2.05, 4.69) is 0 Å². The minimum absolute atomic E-state index is 0.0414. The SMILES string of the molecule is O=C(O)C1CCCC(C(=O)N2CCCC(O)C2)C1. The number of rotatable bonds is 2. The number of β-amino-alcohol motifs (C(OH)–C–C–N with tert-alkyl or cyclic N) is 1. The Balaban J connectivity index is 1.93. The van der Waals surface area contributed by atoms with Crippen LogP contribution in [0.4, 0.5) is 0 Å². The van der Waals surface area contributed by atoms with Crippen molar-refractivity contribution in [3.8, 4) is 0 Å². The van der Waals surface area contributed by atoms with Crippen LogP contribution in [0.3, 0.4) is 0 Å². The number of carboxylic acid groups (broad SMARTS) is 1. The lowest BCUT2D eigenvalue weighted by Gasteiger charge is -2.35. The van der Waals surface area contributed by atoms with Crippen molar-refractivity contribution < 1.29 is 19.8 Å².